The van der Waals surface area contributed by atoms with Crippen LogP contribution in [0.4, 0.5) is 0 Å². The number of hydrogen-bond acceptors (Lipinski definition) is 3. The number of nitrogens with zero attached hydrogens (tertiary/aromatic N) is 1. The number of nitrogens with two attached hydrogens (primary N) is 1. The van der Waals surface area contributed by atoms with Crippen molar-refractivity contribution in [3.05, 3.63) is 0 Å². The molecule has 1 heterocycles. The van der Waals surface area contributed by atoms with Crippen molar-refractivity contribution in [2.24, 2.45) is 11.7 Å². The van der Waals surface area contributed by atoms with Gasteiger partial charge >= 0.3 is 0 Å². The van der Waals surface area contributed by atoms with Crippen LogP contribution in [0.1, 0.15) is 45.4 Å². The molecule has 2 rings (SSSR count). The van der Waals surface area contributed by atoms with E-state index in [9.17, 15) is 8.42 Å². The Labute approximate surface area is 105 Å². The minimum atomic E-state index is -3.05. The zero-order valence-corrected chi connectivity index (χ0v) is 11.5. The molecule has 1 saturated heterocycles. The molecule has 2 atom stereocenters. The van der Waals surface area contributed by atoms with E-state index in [1.807, 2.05) is 6.92 Å². The fourth-order valence-electron chi connectivity index (χ4n) is 3.03. The molecule has 0 amide bonds. The molecule has 0 bridgehead atoms. The van der Waals surface area contributed by atoms with Crippen molar-refractivity contribution in [3.63, 3.8) is 0 Å². The minimum Gasteiger partial charge on any atom is -0.328 e. The third-order valence-electron chi connectivity index (χ3n) is 4.25. The first-order chi connectivity index (χ1) is 8.01. The van der Waals surface area contributed by atoms with Gasteiger partial charge in [0, 0.05) is 19.1 Å². The van der Waals surface area contributed by atoms with Crippen LogP contribution in [-0.2, 0) is 10.0 Å². The highest BCUT2D eigenvalue weighted by Gasteiger charge is 2.37. The van der Waals surface area contributed by atoms with E-state index in [0.29, 0.717) is 19.0 Å². The number of sulfonamides is 1. The van der Waals surface area contributed by atoms with E-state index in [2.05, 4.69) is 0 Å². The van der Waals surface area contributed by atoms with E-state index in [1.54, 1.807) is 4.31 Å². The lowest BCUT2D eigenvalue weighted by Crippen LogP contribution is -2.47. The summed E-state index contributed by atoms with van der Waals surface area (Å²) in [5.41, 5.74) is 5.90. The van der Waals surface area contributed by atoms with Gasteiger partial charge in [-0.1, -0.05) is 12.8 Å². The zero-order valence-electron chi connectivity index (χ0n) is 10.6. The Kier molecular flexibility index (Phi) is 4.10. The van der Waals surface area contributed by atoms with Crippen molar-refractivity contribution >= 4 is 10.0 Å². The van der Waals surface area contributed by atoms with Crippen LogP contribution < -0.4 is 5.73 Å². The first-order valence-corrected chi connectivity index (χ1v) is 8.26. The fraction of sp³-hybridized carbons (Fsp3) is 1.00. The molecule has 4 nitrogen and oxygen atoms in total. The highest BCUT2D eigenvalue weighted by Crippen LogP contribution is 2.30. The van der Waals surface area contributed by atoms with Crippen LogP contribution in [0.25, 0.3) is 0 Å². The molecule has 2 unspecified atom stereocenters. The Morgan fingerprint density at radius 3 is 2.41 bits per heavy atom. The monoisotopic (exact) mass is 260 g/mol. The summed E-state index contributed by atoms with van der Waals surface area (Å²) in [6, 6.07) is 0.0941. The van der Waals surface area contributed by atoms with E-state index in [-0.39, 0.29) is 11.3 Å². The predicted molar refractivity (Wildman–Crippen MR) is 69.1 cm³/mol. The van der Waals surface area contributed by atoms with Gasteiger partial charge in [-0.05, 0) is 38.5 Å². The maximum absolute atomic E-state index is 12.4. The lowest BCUT2D eigenvalue weighted by Gasteiger charge is -2.35. The van der Waals surface area contributed by atoms with Crippen LogP contribution in [0.3, 0.4) is 0 Å². The van der Waals surface area contributed by atoms with Crippen molar-refractivity contribution in [3.8, 4) is 0 Å². The van der Waals surface area contributed by atoms with E-state index >= 15 is 0 Å². The van der Waals surface area contributed by atoms with E-state index < -0.39 is 10.0 Å². The lowest BCUT2D eigenvalue weighted by atomic mass is 9.93. The summed E-state index contributed by atoms with van der Waals surface area (Å²) >= 11 is 0. The molecule has 1 aliphatic heterocycles. The molecule has 1 aliphatic carbocycles. The Balaban J connectivity index is 2.05. The van der Waals surface area contributed by atoms with Gasteiger partial charge in [-0.15, -0.1) is 0 Å². The summed E-state index contributed by atoms with van der Waals surface area (Å²) in [5.74, 6) is 0.333. The molecule has 1 saturated carbocycles. The van der Waals surface area contributed by atoms with Crippen LogP contribution in [0.15, 0.2) is 0 Å². The van der Waals surface area contributed by atoms with Crippen molar-refractivity contribution < 1.29 is 8.42 Å². The fourth-order valence-corrected chi connectivity index (χ4v) is 5.16. The largest absolute Gasteiger partial charge is 0.328 e. The molecule has 2 aliphatic rings. The Morgan fingerprint density at radius 2 is 1.82 bits per heavy atom. The molecular formula is C12H24N2O2S. The van der Waals surface area contributed by atoms with Gasteiger partial charge in [-0.3, -0.25) is 0 Å². The molecule has 5 heteroatoms. The Morgan fingerprint density at radius 1 is 1.18 bits per heavy atom. The normalized spacial score (nSPS) is 30.6. The third-order valence-corrected chi connectivity index (χ3v) is 6.61. The molecule has 2 fully saturated rings. The minimum absolute atomic E-state index is 0.0941. The predicted octanol–water partition coefficient (Wildman–Crippen LogP) is 1.32. The topological polar surface area (TPSA) is 63.4 Å². The van der Waals surface area contributed by atoms with Gasteiger partial charge < -0.3 is 5.73 Å². The Bertz CT molecular complexity index is 348. The smallest absolute Gasteiger partial charge is 0.216 e. The average molecular weight is 260 g/mol. The standard InChI is InChI=1S/C12H24N2O2S/c1-10(13)11-5-4-8-14(9-11)17(15,16)12-6-2-3-7-12/h10-12H,2-9,13H2,1H3. The summed E-state index contributed by atoms with van der Waals surface area (Å²) in [6.07, 6.45) is 5.85. The second-order valence-corrected chi connectivity index (χ2v) is 7.78. The molecule has 0 aromatic heterocycles. The average Bonchev–Trinajstić information content (AvgIpc) is 2.83. The van der Waals surface area contributed by atoms with Gasteiger partial charge in [0.2, 0.25) is 10.0 Å². The number of hydrogen-bond donors (Lipinski definition) is 1. The lowest BCUT2D eigenvalue weighted by molar-refractivity contribution is 0.241. The van der Waals surface area contributed by atoms with Crippen LogP contribution in [0.2, 0.25) is 0 Å². The molecule has 2 N–H and O–H groups in total. The molecule has 0 spiro atoms. The summed E-state index contributed by atoms with van der Waals surface area (Å²) < 4.78 is 26.6. The van der Waals surface area contributed by atoms with Gasteiger partial charge in [-0.25, -0.2) is 12.7 Å². The molecular weight excluding hydrogens is 236 g/mol. The first kappa shape index (κ1) is 13.3. The third kappa shape index (κ3) is 2.83. The van der Waals surface area contributed by atoms with Crippen LogP contribution in [-0.4, -0.2) is 37.1 Å². The van der Waals surface area contributed by atoms with Crippen molar-refractivity contribution in [1.29, 1.82) is 0 Å². The van der Waals surface area contributed by atoms with Gasteiger partial charge in [0.15, 0.2) is 0 Å². The van der Waals surface area contributed by atoms with Gasteiger partial charge in [0.05, 0.1) is 5.25 Å². The molecule has 17 heavy (non-hydrogen) atoms. The van der Waals surface area contributed by atoms with Crippen LogP contribution in [0.5, 0.6) is 0 Å². The van der Waals surface area contributed by atoms with Crippen LogP contribution in [0, 0.1) is 5.92 Å². The SMILES string of the molecule is CC(N)C1CCCN(S(=O)(=O)C2CCCC2)C1. The summed E-state index contributed by atoms with van der Waals surface area (Å²) in [4.78, 5) is 0. The maximum Gasteiger partial charge on any atom is 0.216 e. The molecule has 0 aromatic rings. The highest BCUT2D eigenvalue weighted by molar-refractivity contribution is 7.89. The van der Waals surface area contributed by atoms with E-state index in [1.165, 1.54) is 0 Å². The number of rotatable bonds is 3. The second kappa shape index (κ2) is 5.24. The first-order valence-electron chi connectivity index (χ1n) is 6.76. The Hall–Kier alpha value is -0.130. The second-order valence-electron chi connectivity index (χ2n) is 5.57. The number of piperidine rings is 1. The van der Waals surface area contributed by atoms with Crippen molar-refractivity contribution in [1.82, 2.24) is 4.31 Å². The zero-order chi connectivity index (χ0) is 12.5. The van der Waals surface area contributed by atoms with Crippen molar-refractivity contribution in [2.45, 2.75) is 56.7 Å². The van der Waals surface area contributed by atoms with Gasteiger partial charge in [-0.2, -0.15) is 0 Å². The molecule has 100 valence electrons. The van der Waals surface area contributed by atoms with Crippen LogP contribution >= 0.6 is 0 Å². The van der Waals surface area contributed by atoms with Gasteiger partial charge in [0.25, 0.3) is 0 Å². The van der Waals surface area contributed by atoms with E-state index in [0.717, 1.165) is 38.5 Å². The molecule has 0 aromatic carbocycles. The summed E-state index contributed by atoms with van der Waals surface area (Å²) in [5, 5.41) is -0.116. The summed E-state index contributed by atoms with van der Waals surface area (Å²) in [7, 11) is -3.05. The van der Waals surface area contributed by atoms with Crippen molar-refractivity contribution in [2.75, 3.05) is 13.1 Å². The van der Waals surface area contributed by atoms with E-state index in [4.69, 9.17) is 5.73 Å². The summed E-state index contributed by atoms with van der Waals surface area (Å²) in [6.45, 7) is 3.31. The maximum atomic E-state index is 12.4. The molecule has 0 radical (unpaired) electrons. The highest BCUT2D eigenvalue weighted by atomic mass is 32.2. The van der Waals surface area contributed by atoms with Gasteiger partial charge in [0.1, 0.15) is 0 Å². The quantitative estimate of drug-likeness (QED) is 0.832.